The number of hydrogen-bond acceptors (Lipinski definition) is 3. The first-order valence-electron chi connectivity index (χ1n) is 3.45. The smallest absolute Gasteiger partial charge is 0.0981 e. The predicted molar refractivity (Wildman–Crippen MR) is 39.7 cm³/mol. The average Bonchev–Trinajstić information content (AvgIpc) is 2.07. The Kier molecular flexibility index (Phi) is 3.01. The summed E-state index contributed by atoms with van der Waals surface area (Å²) in [7, 11) is 0. The summed E-state index contributed by atoms with van der Waals surface area (Å²) in [5, 5.41) is 17.8. The summed E-state index contributed by atoms with van der Waals surface area (Å²) in [4.78, 5) is 3.90. The quantitative estimate of drug-likeness (QED) is 0.654. The maximum absolute atomic E-state index is 9.28. The number of aliphatic hydroxyl groups excluding tert-OH is 2. The van der Waals surface area contributed by atoms with E-state index in [9.17, 15) is 5.11 Å². The molecule has 11 heavy (non-hydrogen) atoms. The monoisotopic (exact) mass is 152 g/mol. The van der Waals surface area contributed by atoms with Gasteiger partial charge in [-0.05, 0) is 18.2 Å². The molecule has 3 nitrogen and oxygen atoms in total. The van der Waals surface area contributed by atoms with Crippen LogP contribution in [0.3, 0.4) is 0 Å². The van der Waals surface area contributed by atoms with E-state index in [0.717, 1.165) is 0 Å². The fourth-order valence-electron chi connectivity index (χ4n) is 0.790. The van der Waals surface area contributed by atoms with Crippen LogP contribution in [0.25, 0.3) is 0 Å². The van der Waals surface area contributed by atoms with Crippen LogP contribution in [0.15, 0.2) is 18.3 Å². The number of nitrogens with zero attached hydrogens (tertiary/aromatic N) is 1. The van der Waals surface area contributed by atoms with Crippen LogP contribution in [-0.2, 0) is 0 Å². The normalized spacial score (nSPS) is 12.9. The van der Waals surface area contributed by atoms with E-state index in [1.165, 1.54) is 0 Å². The van der Waals surface area contributed by atoms with E-state index in [1.807, 2.05) is 0 Å². The van der Waals surface area contributed by atoms with Crippen LogP contribution in [0, 0.1) is 6.07 Å². The third-order valence-electron chi connectivity index (χ3n) is 1.37. The summed E-state index contributed by atoms with van der Waals surface area (Å²) in [5.41, 5.74) is 0.557. The first-order chi connectivity index (χ1) is 5.34. The molecule has 0 bridgehead atoms. The summed E-state index contributed by atoms with van der Waals surface area (Å²) in [5.74, 6) is 0. The highest BCUT2D eigenvalue weighted by Gasteiger charge is 2.05. The van der Waals surface area contributed by atoms with Crippen molar-refractivity contribution in [2.75, 3.05) is 6.61 Å². The van der Waals surface area contributed by atoms with Crippen molar-refractivity contribution in [1.29, 1.82) is 0 Å². The van der Waals surface area contributed by atoms with Gasteiger partial charge >= 0.3 is 0 Å². The van der Waals surface area contributed by atoms with Crippen molar-refractivity contribution in [3.8, 4) is 0 Å². The van der Waals surface area contributed by atoms with Crippen LogP contribution in [0.4, 0.5) is 0 Å². The number of aliphatic hydroxyl groups is 2. The Labute approximate surface area is 65.3 Å². The van der Waals surface area contributed by atoms with Gasteiger partial charge in [-0.1, -0.05) is 0 Å². The highest BCUT2D eigenvalue weighted by atomic mass is 16.3. The van der Waals surface area contributed by atoms with Crippen LogP contribution in [-0.4, -0.2) is 21.8 Å². The second-order valence-electron chi connectivity index (χ2n) is 2.21. The highest BCUT2D eigenvalue weighted by Crippen LogP contribution is 2.11. The van der Waals surface area contributed by atoms with E-state index in [1.54, 1.807) is 18.3 Å². The average molecular weight is 152 g/mol. The molecule has 1 rings (SSSR count). The Hall–Kier alpha value is -0.930. The van der Waals surface area contributed by atoms with Gasteiger partial charge in [-0.15, -0.1) is 0 Å². The van der Waals surface area contributed by atoms with Gasteiger partial charge in [0.25, 0.3) is 0 Å². The molecular formula is C8H10NO2. The van der Waals surface area contributed by atoms with Gasteiger partial charge in [0.2, 0.25) is 0 Å². The van der Waals surface area contributed by atoms with Gasteiger partial charge in [-0.2, -0.15) is 0 Å². The minimum Gasteiger partial charge on any atom is -0.396 e. The van der Waals surface area contributed by atoms with E-state index in [-0.39, 0.29) is 6.61 Å². The minimum atomic E-state index is -0.669. The van der Waals surface area contributed by atoms with Crippen molar-refractivity contribution in [1.82, 2.24) is 4.98 Å². The molecule has 1 aromatic rings. The number of pyridine rings is 1. The molecule has 59 valence electrons. The molecule has 0 saturated heterocycles. The number of rotatable bonds is 3. The van der Waals surface area contributed by atoms with Crippen LogP contribution in [0.1, 0.15) is 18.2 Å². The highest BCUT2D eigenvalue weighted by molar-refractivity contribution is 5.04. The first-order valence-corrected chi connectivity index (χ1v) is 3.45. The molecule has 1 unspecified atom stereocenters. The molecule has 0 amide bonds. The molecule has 0 aliphatic rings. The predicted octanol–water partition coefficient (Wildman–Crippen LogP) is 0.298. The van der Waals surface area contributed by atoms with E-state index in [0.29, 0.717) is 12.1 Å². The largest absolute Gasteiger partial charge is 0.396 e. The Morgan fingerprint density at radius 3 is 3.00 bits per heavy atom. The van der Waals surface area contributed by atoms with Crippen molar-refractivity contribution >= 4 is 0 Å². The summed E-state index contributed by atoms with van der Waals surface area (Å²) >= 11 is 0. The van der Waals surface area contributed by atoms with Gasteiger partial charge in [-0.25, -0.2) is 0 Å². The summed E-state index contributed by atoms with van der Waals surface area (Å²) < 4.78 is 0. The van der Waals surface area contributed by atoms with Gasteiger partial charge in [0.1, 0.15) is 0 Å². The van der Waals surface area contributed by atoms with Gasteiger partial charge in [0.15, 0.2) is 0 Å². The van der Waals surface area contributed by atoms with E-state index < -0.39 is 6.10 Å². The lowest BCUT2D eigenvalue weighted by Crippen LogP contribution is -2.01. The third kappa shape index (κ3) is 2.29. The lowest BCUT2D eigenvalue weighted by molar-refractivity contribution is 0.130. The van der Waals surface area contributed by atoms with Gasteiger partial charge in [-0.3, -0.25) is 4.98 Å². The van der Waals surface area contributed by atoms with Crippen molar-refractivity contribution in [2.45, 2.75) is 12.5 Å². The maximum Gasteiger partial charge on any atom is 0.0981 e. The van der Waals surface area contributed by atoms with Crippen LogP contribution < -0.4 is 0 Å². The first kappa shape index (κ1) is 8.17. The molecule has 3 heteroatoms. The summed E-state index contributed by atoms with van der Waals surface area (Å²) in [6, 6.07) is 6.07. The summed E-state index contributed by atoms with van der Waals surface area (Å²) in [6.45, 7) is -0.0300. The molecule has 0 spiro atoms. The minimum absolute atomic E-state index is 0.0300. The van der Waals surface area contributed by atoms with Crippen molar-refractivity contribution in [3.05, 3.63) is 30.1 Å². The van der Waals surface area contributed by atoms with E-state index >= 15 is 0 Å². The van der Waals surface area contributed by atoms with Gasteiger partial charge in [0, 0.05) is 19.2 Å². The van der Waals surface area contributed by atoms with Crippen molar-refractivity contribution in [3.63, 3.8) is 0 Å². The molecule has 1 atom stereocenters. The zero-order valence-electron chi connectivity index (χ0n) is 6.07. The van der Waals surface area contributed by atoms with E-state index in [4.69, 9.17) is 5.11 Å². The standard InChI is InChI=1S/C8H10NO2/c10-6-4-8(11)7-3-1-2-5-9-7/h2-3,5,8,10-11H,4,6H2. The molecule has 0 aliphatic heterocycles. The van der Waals surface area contributed by atoms with E-state index in [2.05, 4.69) is 11.1 Å². The number of aromatic nitrogens is 1. The molecule has 0 fully saturated rings. The van der Waals surface area contributed by atoms with Crippen molar-refractivity contribution < 1.29 is 10.2 Å². The SMILES string of the molecule is OCCC(O)c1c[c]ccn1. The van der Waals surface area contributed by atoms with Gasteiger partial charge < -0.3 is 10.2 Å². The topological polar surface area (TPSA) is 53.4 Å². The Morgan fingerprint density at radius 1 is 1.64 bits per heavy atom. The zero-order chi connectivity index (χ0) is 8.10. The molecule has 0 aromatic carbocycles. The zero-order valence-corrected chi connectivity index (χ0v) is 6.07. The van der Waals surface area contributed by atoms with Crippen LogP contribution in [0.5, 0.6) is 0 Å². The maximum atomic E-state index is 9.28. The molecule has 0 saturated carbocycles. The van der Waals surface area contributed by atoms with Gasteiger partial charge in [0.05, 0.1) is 11.8 Å². The Bertz CT molecular complexity index is 201. The summed E-state index contributed by atoms with van der Waals surface area (Å²) in [6.07, 6.45) is 1.22. The second-order valence-corrected chi connectivity index (χ2v) is 2.21. The Balaban J connectivity index is 2.61. The molecular weight excluding hydrogens is 142 g/mol. The lowest BCUT2D eigenvalue weighted by atomic mass is 10.2. The Morgan fingerprint density at radius 2 is 2.45 bits per heavy atom. The molecule has 2 N–H and O–H groups in total. The molecule has 0 aliphatic carbocycles. The van der Waals surface area contributed by atoms with Crippen molar-refractivity contribution in [2.24, 2.45) is 0 Å². The lowest BCUT2D eigenvalue weighted by Gasteiger charge is -2.06. The van der Waals surface area contributed by atoms with Crippen LogP contribution in [0.2, 0.25) is 0 Å². The van der Waals surface area contributed by atoms with Crippen LogP contribution >= 0.6 is 0 Å². The third-order valence-corrected chi connectivity index (χ3v) is 1.37. The fraction of sp³-hybridized carbons (Fsp3) is 0.375. The number of hydrogen-bond donors (Lipinski definition) is 2. The molecule has 1 radical (unpaired) electrons. The second kappa shape index (κ2) is 4.05. The fourth-order valence-corrected chi connectivity index (χ4v) is 0.790. The molecule has 1 aromatic heterocycles. The molecule has 1 heterocycles.